The number of nitrogens with one attached hydrogen (secondary N) is 1. The molecule has 0 atom stereocenters. The summed E-state index contributed by atoms with van der Waals surface area (Å²) in [6, 6.07) is 8.24. The highest BCUT2D eigenvalue weighted by Gasteiger charge is 2.15. The van der Waals surface area contributed by atoms with Gasteiger partial charge in [-0.05, 0) is 37.8 Å². The fourth-order valence-corrected chi connectivity index (χ4v) is 1.46. The Balaban J connectivity index is 2.49. The zero-order valence-corrected chi connectivity index (χ0v) is 10.3. The van der Waals surface area contributed by atoms with Gasteiger partial charge in [0.15, 0.2) is 0 Å². The lowest BCUT2D eigenvalue weighted by atomic mass is 9.98. The van der Waals surface area contributed by atoms with Gasteiger partial charge >= 0.3 is 0 Å². The molecule has 0 aliphatic carbocycles. The van der Waals surface area contributed by atoms with Crippen molar-refractivity contribution in [3.05, 3.63) is 35.4 Å². The molecule has 0 spiro atoms. The average Bonchev–Trinajstić information content (AvgIpc) is 2.29. The van der Waals surface area contributed by atoms with Gasteiger partial charge in [0, 0.05) is 13.7 Å². The number of hydrogen-bond donors (Lipinski definition) is 2. The van der Waals surface area contributed by atoms with E-state index in [1.165, 1.54) is 5.56 Å². The van der Waals surface area contributed by atoms with Crippen LogP contribution in [0.3, 0.4) is 0 Å². The molecule has 0 aromatic heterocycles. The van der Waals surface area contributed by atoms with E-state index in [0.717, 1.165) is 18.4 Å². The Morgan fingerprint density at radius 2 is 1.75 bits per heavy atom. The molecule has 2 N–H and O–H groups in total. The van der Waals surface area contributed by atoms with Gasteiger partial charge in [-0.3, -0.25) is 0 Å². The fraction of sp³-hybridized carbons (Fsp3) is 0.538. The second-order valence-electron chi connectivity index (χ2n) is 4.62. The molecule has 0 amide bonds. The highest BCUT2D eigenvalue weighted by Crippen LogP contribution is 2.17. The van der Waals surface area contributed by atoms with Crippen molar-refractivity contribution in [2.75, 3.05) is 7.11 Å². The standard InChI is InChI=1S/C13H21NO2/c1-13(2,16-3)9-8-11-4-6-12(7-5-11)10-14-15/h4-7,14-15H,8-10H2,1-3H3. The van der Waals surface area contributed by atoms with E-state index in [0.29, 0.717) is 6.54 Å². The summed E-state index contributed by atoms with van der Waals surface area (Å²) in [6.07, 6.45) is 2.01. The minimum atomic E-state index is -0.0642. The second kappa shape index (κ2) is 5.99. The molecule has 0 aliphatic heterocycles. The van der Waals surface area contributed by atoms with Gasteiger partial charge < -0.3 is 9.94 Å². The third-order valence-corrected chi connectivity index (χ3v) is 2.87. The molecule has 0 fully saturated rings. The third kappa shape index (κ3) is 4.31. The zero-order chi connectivity index (χ0) is 12.0. The molecule has 3 nitrogen and oxygen atoms in total. The van der Waals surface area contributed by atoms with Crippen molar-refractivity contribution >= 4 is 0 Å². The first kappa shape index (κ1) is 13.2. The topological polar surface area (TPSA) is 41.5 Å². The summed E-state index contributed by atoms with van der Waals surface area (Å²) in [5, 5.41) is 8.56. The predicted octanol–water partition coefficient (Wildman–Crippen LogP) is 2.52. The molecule has 0 saturated carbocycles. The summed E-state index contributed by atoms with van der Waals surface area (Å²) in [6.45, 7) is 4.68. The maximum absolute atomic E-state index is 8.56. The lowest BCUT2D eigenvalue weighted by Gasteiger charge is -2.22. The van der Waals surface area contributed by atoms with Crippen molar-refractivity contribution in [2.24, 2.45) is 0 Å². The Bertz CT molecular complexity index is 306. The van der Waals surface area contributed by atoms with Crippen LogP contribution in [0.5, 0.6) is 0 Å². The SMILES string of the molecule is COC(C)(C)CCc1ccc(CNO)cc1. The number of hydrogen-bond acceptors (Lipinski definition) is 3. The normalized spacial score (nSPS) is 11.8. The molecule has 16 heavy (non-hydrogen) atoms. The predicted molar refractivity (Wildman–Crippen MR) is 64.5 cm³/mol. The quantitative estimate of drug-likeness (QED) is 0.728. The molecule has 0 aliphatic rings. The van der Waals surface area contributed by atoms with Crippen molar-refractivity contribution in [2.45, 2.75) is 38.8 Å². The molecular weight excluding hydrogens is 202 g/mol. The number of hydroxylamine groups is 1. The van der Waals surface area contributed by atoms with Crippen molar-refractivity contribution in [1.29, 1.82) is 0 Å². The Labute approximate surface area is 97.4 Å². The van der Waals surface area contributed by atoms with Crippen LogP contribution >= 0.6 is 0 Å². The van der Waals surface area contributed by atoms with Crippen LogP contribution in [-0.4, -0.2) is 17.9 Å². The van der Waals surface area contributed by atoms with Gasteiger partial charge in [-0.15, -0.1) is 0 Å². The van der Waals surface area contributed by atoms with Crippen molar-refractivity contribution in [1.82, 2.24) is 5.48 Å². The molecule has 0 heterocycles. The maximum Gasteiger partial charge on any atom is 0.0625 e. The lowest BCUT2D eigenvalue weighted by Crippen LogP contribution is -2.22. The van der Waals surface area contributed by atoms with Gasteiger partial charge in [0.1, 0.15) is 0 Å². The summed E-state index contributed by atoms with van der Waals surface area (Å²) in [7, 11) is 1.75. The molecule has 0 saturated heterocycles. The Morgan fingerprint density at radius 1 is 1.19 bits per heavy atom. The minimum absolute atomic E-state index is 0.0642. The fourth-order valence-electron chi connectivity index (χ4n) is 1.46. The van der Waals surface area contributed by atoms with Crippen molar-refractivity contribution in [3.8, 4) is 0 Å². The van der Waals surface area contributed by atoms with Crippen LogP contribution in [0.4, 0.5) is 0 Å². The zero-order valence-electron chi connectivity index (χ0n) is 10.3. The van der Waals surface area contributed by atoms with Crippen LogP contribution in [0.2, 0.25) is 0 Å². The number of ether oxygens (including phenoxy) is 1. The van der Waals surface area contributed by atoms with E-state index in [9.17, 15) is 0 Å². The van der Waals surface area contributed by atoms with E-state index in [4.69, 9.17) is 9.94 Å². The van der Waals surface area contributed by atoms with Gasteiger partial charge in [0.25, 0.3) is 0 Å². The molecular formula is C13H21NO2. The van der Waals surface area contributed by atoms with E-state index in [2.05, 4.69) is 31.5 Å². The van der Waals surface area contributed by atoms with E-state index in [1.54, 1.807) is 7.11 Å². The van der Waals surface area contributed by atoms with Crippen LogP contribution < -0.4 is 5.48 Å². The highest BCUT2D eigenvalue weighted by molar-refractivity contribution is 5.22. The van der Waals surface area contributed by atoms with Crippen LogP contribution in [0.25, 0.3) is 0 Å². The molecule has 3 heteroatoms. The smallest absolute Gasteiger partial charge is 0.0625 e. The lowest BCUT2D eigenvalue weighted by molar-refractivity contribution is 0.0158. The molecule has 0 unspecified atom stereocenters. The van der Waals surface area contributed by atoms with Crippen LogP contribution in [0.1, 0.15) is 31.4 Å². The summed E-state index contributed by atoms with van der Waals surface area (Å²) in [5.74, 6) is 0. The van der Waals surface area contributed by atoms with Gasteiger partial charge in [0.05, 0.1) is 5.60 Å². The molecule has 1 aromatic rings. The summed E-state index contributed by atoms with van der Waals surface area (Å²) in [4.78, 5) is 0. The number of aryl methyl sites for hydroxylation is 1. The molecule has 1 aromatic carbocycles. The third-order valence-electron chi connectivity index (χ3n) is 2.87. The first-order valence-electron chi connectivity index (χ1n) is 5.57. The Kier molecular flexibility index (Phi) is 4.93. The summed E-state index contributed by atoms with van der Waals surface area (Å²) >= 11 is 0. The van der Waals surface area contributed by atoms with E-state index in [-0.39, 0.29) is 5.60 Å². The summed E-state index contributed by atoms with van der Waals surface area (Å²) < 4.78 is 5.38. The van der Waals surface area contributed by atoms with Gasteiger partial charge in [-0.25, -0.2) is 5.48 Å². The Morgan fingerprint density at radius 3 is 2.25 bits per heavy atom. The highest BCUT2D eigenvalue weighted by atomic mass is 16.5. The number of rotatable bonds is 6. The molecule has 90 valence electrons. The largest absolute Gasteiger partial charge is 0.379 e. The monoisotopic (exact) mass is 223 g/mol. The van der Waals surface area contributed by atoms with Crippen LogP contribution in [-0.2, 0) is 17.7 Å². The molecule has 0 bridgehead atoms. The molecule has 0 radical (unpaired) electrons. The Hall–Kier alpha value is -0.900. The first-order chi connectivity index (χ1) is 7.57. The van der Waals surface area contributed by atoms with E-state index < -0.39 is 0 Å². The van der Waals surface area contributed by atoms with Gasteiger partial charge in [-0.1, -0.05) is 24.3 Å². The van der Waals surface area contributed by atoms with Gasteiger partial charge in [0.2, 0.25) is 0 Å². The van der Waals surface area contributed by atoms with Crippen LogP contribution in [0, 0.1) is 0 Å². The van der Waals surface area contributed by atoms with E-state index in [1.807, 2.05) is 12.1 Å². The number of methoxy groups -OCH3 is 1. The van der Waals surface area contributed by atoms with E-state index >= 15 is 0 Å². The maximum atomic E-state index is 8.56. The number of benzene rings is 1. The van der Waals surface area contributed by atoms with Crippen molar-refractivity contribution in [3.63, 3.8) is 0 Å². The first-order valence-corrected chi connectivity index (χ1v) is 5.57. The van der Waals surface area contributed by atoms with Gasteiger partial charge in [-0.2, -0.15) is 0 Å². The minimum Gasteiger partial charge on any atom is -0.379 e. The average molecular weight is 223 g/mol. The van der Waals surface area contributed by atoms with Crippen molar-refractivity contribution < 1.29 is 9.94 Å². The molecule has 1 rings (SSSR count). The van der Waals surface area contributed by atoms with Crippen LogP contribution in [0.15, 0.2) is 24.3 Å². The second-order valence-corrected chi connectivity index (χ2v) is 4.62. The summed E-state index contributed by atoms with van der Waals surface area (Å²) in [5.41, 5.74) is 4.46.